The number of nitrogens with zero attached hydrogens (tertiary/aromatic N) is 2. The molecule has 0 aliphatic carbocycles. The highest BCUT2D eigenvalue weighted by Gasteiger charge is 2.31. The summed E-state index contributed by atoms with van der Waals surface area (Å²) in [6.07, 6.45) is 5.92. The second-order valence-electron chi connectivity index (χ2n) is 7.54. The van der Waals surface area contributed by atoms with Crippen molar-refractivity contribution in [3.63, 3.8) is 0 Å². The normalized spacial score (nSPS) is 17.8. The van der Waals surface area contributed by atoms with Crippen molar-refractivity contribution in [3.05, 3.63) is 60.1 Å². The van der Waals surface area contributed by atoms with Crippen molar-refractivity contribution in [3.8, 4) is 5.75 Å². The van der Waals surface area contributed by atoms with Crippen LogP contribution in [0.15, 0.2) is 53.2 Å². The fourth-order valence-corrected chi connectivity index (χ4v) is 4.08. The zero-order valence-corrected chi connectivity index (χ0v) is 16.7. The zero-order chi connectivity index (χ0) is 20.2. The van der Waals surface area contributed by atoms with Gasteiger partial charge in [0.25, 0.3) is 5.91 Å². The zero-order valence-electron chi connectivity index (χ0n) is 16.7. The molecule has 1 aromatic carbocycles. The molecule has 0 spiro atoms. The van der Waals surface area contributed by atoms with Gasteiger partial charge in [-0.15, -0.1) is 0 Å². The van der Waals surface area contributed by atoms with Crippen LogP contribution in [0.5, 0.6) is 5.75 Å². The second kappa shape index (κ2) is 8.55. The lowest BCUT2D eigenvalue weighted by molar-refractivity contribution is -0.136. The third-order valence-corrected chi connectivity index (χ3v) is 5.84. The Bertz CT molecular complexity index is 878. The first-order chi connectivity index (χ1) is 14.2. The third kappa shape index (κ3) is 4.21. The summed E-state index contributed by atoms with van der Waals surface area (Å²) in [4.78, 5) is 29.0. The molecule has 0 N–H and O–H groups in total. The maximum Gasteiger partial charge on any atom is 0.289 e. The van der Waals surface area contributed by atoms with Crippen LogP contribution >= 0.6 is 0 Å². The van der Waals surface area contributed by atoms with Gasteiger partial charge in [-0.1, -0.05) is 18.2 Å². The van der Waals surface area contributed by atoms with Crippen LogP contribution in [0.1, 0.15) is 35.4 Å². The summed E-state index contributed by atoms with van der Waals surface area (Å²) >= 11 is 0. The van der Waals surface area contributed by atoms with Crippen LogP contribution in [0, 0.1) is 5.92 Å². The average Bonchev–Trinajstić information content (AvgIpc) is 3.33. The Labute approximate surface area is 170 Å². The Kier molecular flexibility index (Phi) is 5.69. The number of rotatable bonds is 4. The van der Waals surface area contributed by atoms with Gasteiger partial charge in [0, 0.05) is 32.1 Å². The number of carbonyl (C=O) groups excluding carboxylic acids is 2. The molecule has 6 nitrogen and oxygen atoms in total. The molecule has 6 heteroatoms. The molecule has 2 amide bonds. The lowest BCUT2D eigenvalue weighted by Gasteiger charge is -2.35. The Hall–Kier alpha value is -3.02. The molecular formula is C23H26N2O4. The van der Waals surface area contributed by atoms with E-state index in [0.717, 1.165) is 18.7 Å². The molecule has 29 heavy (non-hydrogen) atoms. The Morgan fingerprint density at radius 3 is 2.38 bits per heavy atom. The highest BCUT2D eigenvalue weighted by molar-refractivity contribution is 5.91. The van der Waals surface area contributed by atoms with E-state index in [4.69, 9.17) is 9.15 Å². The van der Waals surface area contributed by atoms with Crippen LogP contribution in [0.25, 0.3) is 5.57 Å². The van der Waals surface area contributed by atoms with Crippen molar-refractivity contribution < 1.29 is 18.7 Å². The molecule has 2 aliphatic rings. The number of ether oxygens (including phenoxy) is 1. The van der Waals surface area contributed by atoms with E-state index in [9.17, 15) is 9.59 Å². The molecule has 3 heterocycles. The SMILES string of the molecule is COc1ccc(C2=CCN(C(=O)C3CCN(C(=O)c4ccco4)CC3)CC2)cc1. The predicted octanol–water partition coefficient (Wildman–Crippen LogP) is 3.46. The highest BCUT2D eigenvalue weighted by Crippen LogP contribution is 2.27. The van der Waals surface area contributed by atoms with Crippen molar-refractivity contribution in [2.75, 3.05) is 33.3 Å². The first kappa shape index (κ1) is 19.3. The maximum absolute atomic E-state index is 12.9. The van der Waals surface area contributed by atoms with E-state index in [1.54, 1.807) is 24.1 Å². The summed E-state index contributed by atoms with van der Waals surface area (Å²) < 4.78 is 10.4. The topological polar surface area (TPSA) is 63.0 Å². The van der Waals surface area contributed by atoms with E-state index in [0.29, 0.717) is 38.2 Å². The number of hydrogen-bond acceptors (Lipinski definition) is 4. The number of hydrogen-bond donors (Lipinski definition) is 0. The first-order valence-corrected chi connectivity index (χ1v) is 10.1. The standard InChI is InChI=1S/C23H26N2O4/c1-28-20-6-4-17(5-7-20)18-8-12-24(13-9-18)22(26)19-10-14-25(15-11-19)23(27)21-3-2-16-29-21/h2-8,16,19H,9-15H2,1H3. The molecule has 0 bridgehead atoms. The molecule has 0 unspecified atom stereocenters. The molecule has 2 aliphatic heterocycles. The predicted molar refractivity (Wildman–Crippen MR) is 110 cm³/mol. The van der Waals surface area contributed by atoms with Gasteiger partial charge in [-0.25, -0.2) is 0 Å². The summed E-state index contributed by atoms with van der Waals surface area (Å²) in [7, 11) is 1.66. The number of furan rings is 1. The summed E-state index contributed by atoms with van der Waals surface area (Å²) in [6.45, 7) is 2.57. The Morgan fingerprint density at radius 2 is 1.79 bits per heavy atom. The minimum Gasteiger partial charge on any atom is -0.497 e. The molecular weight excluding hydrogens is 368 g/mol. The Morgan fingerprint density at radius 1 is 1.03 bits per heavy atom. The fraction of sp³-hybridized carbons (Fsp3) is 0.391. The summed E-state index contributed by atoms with van der Waals surface area (Å²) in [5.74, 6) is 1.32. The molecule has 1 saturated heterocycles. The molecule has 4 rings (SSSR count). The third-order valence-electron chi connectivity index (χ3n) is 5.84. The van der Waals surface area contributed by atoms with Crippen LogP contribution in [-0.2, 0) is 4.79 Å². The van der Waals surface area contributed by atoms with Crippen LogP contribution in [-0.4, -0.2) is 54.9 Å². The van der Waals surface area contributed by atoms with E-state index in [2.05, 4.69) is 18.2 Å². The van der Waals surface area contributed by atoms with Crippen LogP contribution in [0.4, 0.5) is 0 Å². The first-order valence-electron chi connectivity index (χ1n) is 10.1. The van der Waals surface area contributed by atoms with E-state index < -0.39 is 0 Å². The monoisotopic (exact) mass is 394 g/mol. The van der Waals surface area contributed by atoms with Crippen LogP contribution in [0.3, 0.4) is 0 Å². The fourth-order valence-electron chi connectivity index (χ4n) is 4.08. The van der Waals surface area contributed by atoms with Crippen molar-refractivity contribution in [1.82, 2.24) is 9.80 Å². The van der Waals surface area contributed by atoms with E-state index in [-0.39, 0.29) is 17.7 Å². The van der Waals surface area contributed by atoms with Crippen molar-refractivity contribution >= 4 is 17.4 Å². The smallest absolute Gasteiger partial charge is 0.289 e. The van der Waals surface area contributed by atoms with Gasteiger partial charge in [0.2, 0.25) is 5.91 Å². The van der Waals surface area contributed by atoms with Gasteiger partial charge in [-0.05, 0) is 54.7 Å². The maximum atomic E-state index is 12.9. The lowest BCUT2D eigenvalue weighted by atomic mass is 9.93. The number of methoxy groups -OCH3 is 1. The number of likely N-dealkylation sites (tertiary alicyclic amines) is 1. The molecule has 0 saturated carbocycles. The largest absolute Gasteiger partial charge is 0.497 e. The van der Waals surface area contributed by atoms with Gasteiger partial charge in [0.1, 0.15) is 5.75 Å². The average molecular weight is 394 g/mol. The van der Waals surface area contributed by atoms with E-state index >= 15 is 0 Å². The molecule has 1 aromatic heterocycles. The summed E-state index contributed by atoms with van der Waals surface area (Å²) in [5.41, 5.74) is 2.46. The van der Waals surface area contributed by atoms with Gasteiger partial charge >= 0.3 is 0 Å². The van der Waals surface area contributed by atoms with Gasteiger partial charge in [-0.2, -0.15) is 0 Å². The van der Waals surface area contributed by atoms with Gasteiger partial charge < -0.3 is 19.0 Å². The summed E-state index contributed by atoms with van der Waals surface area (Å²) in [5, 5.41) is 0. The van der Waals surface area contributed by atoms with Crippen molar-refractivity contribution in [2.24, 2.45) is 5.92 Å². The minimum absolute atomic E-state index is 0.00779. The molecule has 2 aromatic rings. The molecule has 0 radical (unpaired) electrons. The van der Waals surface area contributed by atoms with Gasteiger partial charge in [-0.3, -0.25) is 9.59 Å². The van der Waals surface area contributed by atoms with Crippen molar-refractivity contribution in [2.45, 2.75) is 19.3 Å². The van der Waals surface area contributed by atoms with Crippen LogP contribution in [0.2, 0.25) is 0 Å². The minimum atomic E-state index is -0.0917. The second-order valence-corrected chi connectivity index (χ2v) is 7.54. The Balaban J connectivity index is 1.30. The van der Waals surface area contributed by atoms with E-state index in [1.165, 1.54) is 17.4 Å². The van der Waals surface area contributed by atoms with Gasteiger partial charge in [0.05, 0.1) is 13.4 Å². The molecule has 152 valence electrons. The van der Waals surface area contributed by atoms with Crippen LogP contribution < -0.4 is 4.74 Å². The quantitative estimate of drug-likeness (QED) is 0.797. The molecule has 0 atom stereocenters. The van der Waals surface area contributed by atoms with Crippen molar-refractivity contribution in [1.29, 1.82) is 0 Å². The number of carbonyl (C=O) groups is 2. The highest BCUT2D eigenvalue weighted by atomic mass is 16.5. The lowest BCUT2D eigenvalue weighted by Crippen LogP contribution is -2.45. The number of amides is 2. The number of piperidine rings is 1. The van der Waals surface area contributed by atoms with Gasteiger partial charge in [0.15, 0.2) is 5.76 Å². The summed E-state index contributed by atoms with van der Waals surface area (Å²) in [6, 6.07) is 11.5. The molecule has 1 fully saturated rings. The number of benzene rings is 1. The van der Waals surface area contributed by atoms with E-state index in [1.807, 2.05) is 17.0 Å².